The molecule has 1 aliphatic carbocycles. The molecule has 224 valence electrons. The molecule has 0 fully saturated rings. The highest BCUT2D eigenvalue weighted by Crippen LogP contribution is 2.58. The lowest BCUT2D eigenvalue weighted by atomic mass is 9.82. The van der Waals surface area contributed by atoms with Gasteiger partial charge in [-0.2, -0.15) is 0 Å². The summed E-state index contributed by atoms with van der Waals surface area (Å²) in [6.07, 6.45) is 0. The molecule has 1 aromatic heterocycles. The van der Waals surface area contributed by atoms with Crippen LogP contribution in [0.1, 0.15) is 25.0 Å². The molecule has 2 aliphatic rings. The second kappa shape index (κ2) is 10.5. The van der Waals surface area contributed by atoms with Crippen LogP contribution in [0.15, 0.2) is 146 Å². The maximum absolute atomic E-state index is 6.62. The van der Waals surface area contributed by atoms with E-state index in [2.05, 4.69) is 98.8 Å². The Balaban J connectivity index is 1.09. The summed E-state index contributed by atoms with van der Waals surface area (Å²) in [5, 5.41) is 0. The molecule has 0 saturated carbocycles. The SMILES string of the molecule is CC1(C)c2ccccc2-c2c1ccc1c2Oc2ccc(-c3cccc(-c4cc(-c5ccccc5)nc(-c5ccccc5)n4)c3)cc2O1. The minimum atomic E-state index is -0.104. The first-order valence-electron chi connectivity index (χ1n) is 15.9. The van der Waals surface area contributed by atoms with E-state index in [9.17, 15) is 0 Å². The van der Waals surface area contributed by atoms with Gasteiger partial charge in [0.2, 0.25) is 0 Å². The molecule has 4 heteroatoms. The highest BCUT2D eigenvalue weighted by Gasteiger charge is 2.39. The highest BCUT2D eigenvalue weighted by atomic mass is 16.6. The van der Waals surface area contributed by atoms with Crippen molar-refractivity contribution in [2.45, 2.75) is 19.3 Å². The average molecular weight is 607 g/mol. The fourth-order valence-electron chi connectivity index (χ4n) is 6.93. The summed E-state index contributed by atoms with van der Waals surface area (Å²) in [7, 11) is 0. The van der Waals surface area contributed by atoms with Gasteiger partial charge in [-0.3, -0.25) is 0 Å². The van der Waals surface area contributed by atoms with Crippen LogP contribution in [0, 0.1) is 0 Å². The topological polar surface area (TPSA) is 44.2 Å². The summed E-state index contributed by atoms with van der Waals surface area (Å²) in [6, 6.07) is 49.9. The van der Waals surface area contributed by atoms with Crippen LogP contribution in [0.5, 0.6) is 23.0 Å². The van der Waals surface area contributed by atoms with Gasteiger partial charge >= 0.3 is 0 Å². The van der Waals surface area contributed by atoms with Crippen LogP contribution < -0.4 is 9.47 Å². The van der Waals surface area contributed by atoms with Crippen LogP contribution in [0.2, 0.25) is 0 Å². The monoisotopic (exact) mass is 606 g/mol. The van der Waals surface area contributed by atoms with Gasteiger partial charge in [-0.05, 0) is 58.1 Å². The van der Waals surface area contributed by atoms with Gasteiger partial charge in [-0.1, -0.05) is 129 Å². The van der Waals surface area contributed by atoms with Gasteiger partial charge in [0.1, 0.15) is 0 Å². The summed E-state index contributed by atoms with van der Waals surface area (Å²) < 4.78 is 13.2. The van der Waals surface area contributed by atoms with Crippen molar-refractivity contribution in [3.8, 4) is 79.2 Å². The zero-order valence-corrected chi connectivity index (χ0v) is 26.1. The summed E-state index contributed by atoms with van der Waals surface area (Å²) in [4.78, 5) is 9.98. The summed E-state index contributed by atoms with van der Waals surface area (Å²) in [5.74, 6) is 3.63. The van der Waals surface area contributed by atoms with Crippen LogP contribution in [0.25, 0.3) is 56.2 Å². The summed E-state index contributed by atoms with van der Waals surface area (Å²) >= 11 is 0. The normalized spacial score (nSPS) is 13.4. The number of fused-ring (bicyclic) bond motifs is 6. The second-order valence-electron chi connectivity index (χ2n) is 12.6. The molecule has 4 nitrogen and oxygen atoms in total. The molecule has 0 atom stereocenters. The molecule has 0 radical (unpaired) electrons. The molecule has 47 heavy (non-hydrogen) atoms. The number of rotatable bonds is 4. The number of ether oxygens (including phenoxy) is 2. The molecule has 0 spiro atoms. The van der Waals surface area contributed by atoms with Gasteiger partial charge in [-0.25, -0.2) is 9.97 Å². The van der Waals surface area contributed by atoms with Crippen molar-refractivity contribution < 1.29 is 9.47 Å². The predicted octanol–water partition coefficient (Wildman–Crippen LogP) is 11.3. The molecule has 0 amide bonds. The van der Waals surface area contributed by atoms with E-state index in [0.717, 1.165) is 56.3 Å². The fourth-order valence-corrected chi connectivity index (χ4v) is 6.93. The first kappa shape index (κ1) is 27.3. The Kier molecular flexibility index (Phi) is 6.12. The van der Waals surface area contributed by atoms with E-state index in [1.54, 1.807) is 0 Å². The van der Waals surface area contributed by atoms with Crippen molar-refractivity contribution in [3.05, 3.63) is 157 Å². The fraction of sp³-hybridized carbons (Fsp3) is 0.0698. The van der Waals surface area contributed by atoms with Crippen molar-refractivity contribution in [3.63, 3.8) is 0 Å². The van der Waals surface area contributed by atoms with Crippen LogP contribution >= 0.6 is 0 Å². The third-order valence-electron chi connectivity index (χ3n) is 9.36. The minimum absolute atomic E-state index is 0.104. The lowest BCUT2D eigenvalue weighted by molar-refractivity contribution is 0.360. The van der Waals surface area contributed by atoms with E-state index in [4.69, 9.17) is 19.4 Å². The predicted molar refractivity (Wildman–Crippen MR) is 188 cm³/mol. The quantitative estimate of drug-likeness (QED) is 0.200. The first-order chi connectivity index (χ1) is 23.0. The molecule has 0 saturated heterocycles. The van der Waals surface area contributed by atoms with E-state index < -0.39 is 0 Å². The van der Waals surface area contributed by atoms with Crippen LogP contribution in [-0.4, -0.2) is 9.97 Å². The van der Waals surface area contributed by atoms with Gasteiger partial charge in [0.25, 0.3) is 0 Å². The standard InChI is InChI=1S/C43H30N2O2/c1-43(2)33-19-10-9-18-32(33)40-34(43)21-23-38-41(40)47-37-22-20-30(25-39(37)46-38)29-16-11-17-31(24-29)36-26-35(27-12-5-3-6-13-27)44-42(45-36)28-14-7-4-8-15-28/h3-26H,1-2H3. The molecule has 7 aromatic rings. The maximum Gasteiger partial charge on any atom is 0.178 e. The molecule has 1 aliphatic heterocycles. The first-order valence-corrected chi connectivity index (χ1v) is 15.9. The molecular weight excluding hydrogens is 576 g/mol. The van der Waals surface area contributed by atoms with Gasteiger partial charge < -0.3 is 9.47 Å². The molecule has 0 N–H and O–H groups in total. The number of aromatic nitrogens is 2. The number of nitrogens with zero attached hydrogens (tertiary/aromatic N) is 2. The van der Waals surface area contributed by atoms with E-state index in [1.807, 2.05) is 60.7 Å². The van der Waals surface area contributed by atoms with Crippen LogP contribution in [0.3, 0.4) is 0 Å². The zero-order chi connectivity index (χ0) is 31.5. The number of hydrogen-bond acceptors (Lipinski definition) is 4. The molecule has 2 heterocycles. The van der Waals surface area contributed by atoms with Gasteiger partial charge in [-0.15, -0.1) is 0 Å². The number of benzene rings is 6. The van der Waals surface area contributed by atoms with E-state index in [0.29, 0.717) is 17.3 Å². The van der Waals surface area contributed by atoms with Crippen LogP contribution in [-0.2, 0) is 5.41 Å². The largest absolute Gasteiger partial charge is 0.449 e. The Morgan fingerprint density at radius 1 is 0.447 bits per heavy atom. The lowest BCUT2D eigenvalue weighted by Gasteiger charge is -2.25. The Bertz CT molecular complexity index is 2270. The summed E-state index contributed by atoms with van der Waals surface area (Å²) in [5.41, 5.74) is 11.7. The summed E-state index contributed by atoms with van der Waals surface area (Å²) in [6.45, 7) is 4.54. The molecular formula is C43H30N2O2. The maximum atomic E-state index is 6.62. The molecule has 0 bridgehead atoms. The third-order valence-corrected chi connectivity index (χ3v) is 9.36. The van der Waals surface area contributed by atoms with Gasteiger partial charge in [0.05, 0.1) is 11.4 Å². The molecule has 6 aromatic carbocycles. The highest BCUT2D eigenvalue weighted by molar-refractivity contribution is 5.88. The Morgan fingerprint density at radius 2 is 1.09 bits per heavy atom. The Morgan fingerprint density at radius 3 is 1.89 bits per heavy atom. The van der Waals surface area contributed by atoms with E-state index in [-0.39, 0.29) is 5.41 Å². The van der Waals surface area contributed by atoms with Gasteiger partial charge in [0, 0.05) is 27.7 Å². The Hall–Kier alpha value is -6.00. The smallest absolute Gasteiger partial charge is 0.178 e. The van der Waals surface area contributed by atoms with Crippen molar-refractivity contribution in [2.75, 3.05) is 0 Å². The van der Waals surface area contributed by atoms with Crippen molar-refractivity contribution >= 4 is 0 Å². The van der Waals surface area contributed by atoms with E-state index >= 15 is 0 Å². The van der Waals surface area contributed by atoms with Gasteiger partial charge in [0.15, 0.2) is 28.8 Å². The van der Waals surface area contributed by atoms with Crippen LogP contribution in [0.4, 0.5) is 0 Å². The molecule has 0 unspecified atom stereocenters. The van der Waals surface area contributed by atoms with Crippen molar-refractivity contribution in [2.24, 2.45) is 0 Å². The second-order valence-corrected chi connectivity index (χ2v) is 12.6. The lowest BCUT2D eigenvalue weighted by Crippen LogP contribution is -2.15. The van der Waals surface area contributed by atoms with Crippen molar-refractivity contribution in [1.29, 1.82) is 0 Å². The molecule has 9 rings (SSSR count). The third kappa shape index (κ3) is 4.52. The van der Waals surface area contributed by atoms with Crippen molar-refractivity contribution in [1.82, 2.24) is 9.97 Å². The Labute approximate surface area is 274 Å². The average Bonchev–Trinajstić information content (AvgIpc) is 3.37. The zero-order valence-electron chi connectivity index (χ0n) is 26.1. The number of hydrogen-bond donors (Lipinski definition) is 0. The minimum Gasteiger partial charge on any atom is -0.449 e. The van der Waals surface area contributed by atoms with E-state index in [1.165, 1.54) is 16.7 Å².